The molecule has 0 spiro atoms. The van der Waals surface area contributed by atoms with Gasteiger partial charge in [0, 0.05) is 46.4 Å². The number of carbonyl (C=O) groups is 1. The van der Waals surface area contributed by atoms with E-state index in [-0.39, 0.29) is 11.3 Å². The van der Waals surface area contributed by atoms with Crippen molar-refractivity contribution < 1.29 is 9.72 Å². The number of para-hydroxylation sites is 1. The summed E-state index contributed by atoms with van der Waals surface area (Å²) in [4.78, 5) is 22.6. The van der Waals surface area contributed by atoms with Crippen LogP contribution in [0.5, 0.6) is 0 Å². The van der Waals surface area contributed by atoms with Gasteiger partial charge in [0.25, 0.3) is 11.6 Å². The van der Waals surface area contributed by atoms with Crippen LogP contribution in [0.1, 0.15) is 27.2 Å². The topological polar surface area (TPSA) is 89.5 Å². The normalized spacial score (nSPS) is 11.2. The minimum absolute atomic E-state index is 0.0829. The Hall–Kier alpha value is -3.68. The first-order valence-corrected chi connectivity index (χ1v) is 10.7. The number of carbonyl (C=O) groups excluding carboxylic acids is 1. The predicted molar refractivity (Wildman–Crippen MR) is 130 cm³/mol. The average Bonchev–Trinajstić information content (AvgIpc) is 3.07. The molecule has 1 aromatic heterocycles. The van der Waals surface area contributed by atoms with Crippen LogP contribution < -0.4 is 5.43 Å². The summed E-state index contributed by atoms with van der Waals surface area (Å²) >= 11 is 12.2. The zero-order chi connectivity index (χ0) is 23.5. The summed E-state index contributed by atoms with van der Waals surface area (Å²) in [6.07, 6.45) is 1.60. The molecule has 4 rings (SSSR count). The van der Waals surface area contributed by atoms with Crippen molar-refractivity contribution in [1.82, 2.24) is 9.99 Å². The third-order valence-corrected chi connectivity index (χ3v) is 6.04. The second-order valence-electron chi connectivity index (χ2n) is 7.35. The highest BCUT2D eigenvalue weighted by Crippen LogP contribution is 2.28. The first-order valence-electron chi connectivity index (χ1n) is 9.95. The SMILES string of the molecule is Cc1c(/C=N/NC(=O)c2ccc([N+](=O)[O-])cc2)c2ccccc2n1Cc1ccc(Cl)c(Cl)c1. The largest absolute Gasteiger partial charge is 0.340 e. The number of benzene rings is 3. The van der Waals surface area contributed by atoms with Gasteiger partial charge in [-0.2, -0.15) is 5.10 Å². The van der Waals surface area contributed by atoms with Crippen LogP contribution in [0.2, 0.25) is 10.0 Å². The molecule has 0 atom stereocenters. The summed E-state index contributed by atoms with van der Waals surface area (Å²) in [7, 11) is 0. The lowest BCUT2D eigenvalue weighted by Crippen LogP contribution is -2.17. The molecule has 0 saturated carbocycles. The van der Waals surface area contributed by atoms with Crippen LogP contribution in [0.25, 0.3) is 10.9 Å². The Morgan fingerprint density at radius 3 is 2.52 bits per heavy atom. The van der Waals surface area contributed by atoms with E-state index in [0.29, 0.717) is 16.6 Å². The van der Waals surface area contributed by atoms with Gasteiger partial charge in [0.05, 0.1) is 21.2 Å². The molecular weight excluding hydrogens is 463 g/mol. The number of amides is 1. The summed E-state index contributed by atoms with van der Waals surface area (Å²) in [5.41, 5.74) is 6.53. The highest BCUT2D eigenvalue weighted by molar-refractivity contribution is 6.42. The molecule has 0 aliphatic rings. The minimum Gasteiger partial charge on any atom is -0.340 e. The number of nitrogens with one attached hydrogen (secondary N) is 1. The summed E-state index contributed by atoms with van der Waals surface area (Å²) in [5.74, 6) is -0.460. The lowest BCUT2D eigenvalue weighted by atomic mass is 10.1. The van der Waals surface area contributed by atoms with Gasteiger partial charge in [-0.15, -0.1) is 0 Å². The molecule has 0 fully saturated rings. The third kappa shape index (κ3) is 4.74. The second kappa shape index (κ2) is 9.44. The summed E-state index contributed by atoms with van der Waals surface area (Å²) < 4.78 is 2.15. The lowest BCUT2D eigenvalue weighted by molar-refractivity contribution is -0.384. The number of nitro groups is 1. The van der Waals surface area contributed by atoms with Crippen LogP contribution in [0.3, 0.4) is 0 Å². The lowest BCUT2D eigenvalue weighted by Gasteiger charge is -2.09. The molecule has 0 bridgehead atoms. The monoisotopic (exact) mass is 480 g/mol. The average molecular weight is 481 g/mol. The number of fused-ring (bicyclic) bond motifs is 1. The van der Waals surface area contributed by atoms with Crippen molar-refractivity contribution in [2.24, 2.45) is 5.10 Å². The van der Waals surface area contributed by atoms with Crippen molar-refractivity contribution in [3.63, 3.8) is 0 Å². The van der Waals surface area contributed by atoms with E-state index in [1.807, 2.05) is 43.3 Å². The molecular formula is C24H18Cl2N4O3. The number of halogens is 2. The van der Waals surface area contributed by atoms with E-state index < -0.39 is 10.8 Å². The molecule has 0 radical (unpaired) electrons. The van der Waals surface area contributed by atoms with Crippen LogP contribution in [0.4, 0.5) is 5.69 Å². The van der Waals surface area contributed by atoms with Crippen molar-refractivity contribution in [2.75, 3.05) is 0 Å². The first-order chi connectivity index (χ1) is 15.8. The van der Waals surface area contributed by atoms with Crippen LogP contribution in [-0.4, -0.2) is 21.6 Å². The molecule has 33 heavy (non-hydrogen) atoms. The van der Waals surface area contributed by atoms with Crippen molar-refractivity contribution >= 4 is 51.9 Å². The highest BCUT2D eigenvalue weighted by Gasteiger charge is 2.14. The number of non-ortho nitro benzene ring substituents is 1. The van der Waals surface area contributed by atoms with Crippen molar-refractivity contribution in [1.29, 1.82) is 0 Å². The van der Waals surface area contributed by atoms with E-state index in [2.05, 4.69) is 15.1 Å². The zero-order valence-corrected chi connectivity index (χ0v) is 19.0. The maximum Gasteiger partial charge on any atom is 0.271 e. The van der Waals surface area contributed by atoms with Crippen LogP contribution in [0, 0.1) is 17.0 Å². The quantitative estimate of drug-likeness (QED) is 0.209. The molecule has 1 heterocycles. The molecule has 4 aromatic rings. The Bertz CT molecular complexity index is 1400. The van der Waals surface area contributed by atoms with Gasteiger partial charge in [0.15, 0.2) is 0 Å². The fourth-order valence-corrected chi connectivity index (χ4v) is 3.92. The van der Waals surface area contributed by atoms with Gasteiger partial charge in [0.2, 0.25) is 0 Å². The minimum atomic E-state index is -0.517. The van der Waals surface area contributed by atoms with Crippen molar-refractivity contribution in [3.8, 4) is 0 Å². The molecule has 0 saturated heterocycles. The summed E-state index contributed by atoms with van der Waals surface area (Å²) in [5, 5.41) is 16.9. The smallest absolute Gasteiger partial charge is 0.271 e. The van der Waals surface area contributed by atoms with Gasteiger partial charge in [-0.1, -0.05) is 47.5 Å². The summed E-state index contributed by atoms with van der Waals surface area (Å²) in [6.45, 7) is 2.57. The first kappa shape index (κ1) is 22.5. The second-order valence-corrected chi connectivity index (χ2v) is 8.17. The van der Waals surface area contributed by atoms with Crippen LogP contribution in [0.15, 0.2) is 71.8 Å². The number of nitro benzene ring substituents is 1. The number of aromatic nitrogens is 1. The fourth-order valence-electron chi connectivity index (χ4n) is 3.60. The van der Waals surface area contributed by atoms with E-state index >= 15 is 0 Å². The Labute approximate surface area is 199 Å². The van der Waals surface area contributed by atoms with E-state index in [0.717, 1.165) is 27.7 Å². The molecule has 7 nitrogen and oxygen atoms in total. The third-order valence-electron chi connectivity index (χ3n) is 5.30. The van der Waals surface area contributed by atoms with E-state index in [1.165, 1.54) is 24.3 Å². The number of hydrogen-bond acceptors (Lipinski definition) is 4. The zero-order valence-electron chi connectivity index (χ0n) is 17.5. The van der Waals surface area contributed by atoms with Gasteiger partial charge in [-0.25, -0.2) is 5.43 Å². The van der Waals surface area contributed by atoms with Gasteiger partial charge >= 0.3 is 0 Å². The molecule has 9 heteroatoms. The van der Waals surface area contributed by atoms with Crippen LogP contribution in [-0.2, 0) is 6.54 Å². The fraction of sp³-hybridized carbons (Fsp3) is 0.0833. The number of hydrogen-bond donors (Lipinski definition) is 1. The number of hydrazone groups is 1. The Kier molecular flexibility index (Phi) is 6.44. The molecule has 166 valence electrons. The van der Waals surface area contributed by atoms with Gasteiger partial charge < -0.3 is 4.57 Å². The molecule has 3 aromatic carbocycles. The number of rotatable bonds is 6. The predicted octanol–water partition coefficient (Wildman–Crippen LogP) is 5.98. The maximum atomic E-state index is 12.3. The van der Waals surface area contributed by atoms with Crippen molar-refractivity contribution in [3.05, 3.63) is 109 Å². The van der Waals surface area contributed by atoms with E-state index in [4.69, 9.17) is 23.2 Å². The molecule has 1 amide bonds. The molecule has 0 aliphatic carbocycles. The van der Waals surface area contributed by atoms with Crippen LogP contribution >= 0.6 is 23.2 Å². The van der Waals surface area contributed by atoms with Crippen molar-refractivity contribution in [2.45, 2.75) is 13.5 Å². The van der Waals surface area contributed by atoms with Gasteiger partial charge in [0.1, 0.15) is 0 Å². The standard InChI is InChI=1S/C24H18Cl2N4O3/c1-15-20(13-27-28-24(31)17-7-9-18(10-8-17)30(32)33)19-4-2-3-5-23(19)29(15)14-16-6-11-21(25)22(26)12-16/h2-13H,14H2,1H3,(H,28,31)/b27-13+. The van der Waals surface area contributed by atoms with Gasteiger partial charge in [-0.3, -0.25) is 14.9 Å². The van der Waals surface area contributed by atoms with E-state index in [9.17, 15) is 14.9 Å². The Balaban J connectivity index is 1.59. The Morgan fingerprint density at radius 2 is 1.82 bits per heavy atom. The number of nitrogens with zero attached hydrogens (tertiary/aromatic N) is 3. The molecule has 0 unspecified atom stereocenters. The molecule has 0 aliphatic heterocycles. The van der Waals surface area contributed by atoms with Gasteiger partial charge in [-0.05, 0) is 42.8 Å². The molecule has 1 N–H and O–H groups in total. The van der Waals surface area contributed by atoms with E-state index in [1.54, 1.807) is 12.3 Å². The Morgan fingerprint density at radius 1 is 1.09 bits per heavy atom. The maximum absolute atomic E-state index is 12.3. The summed E-state index contributed by atoms with van der Waals surface area (Å²) in [6, 6.07) is 18.8. The highest BCUT2D eigenvalue weighted by atomic mass is 35.5.